The van der Waals surface area contributed by atoms with E-state index in [2.05, 4.69) is 49.2 Å². The first-order valence-electron chi connectivity index (χ1n) is 7.87. The van der Waals surface area contributed by atoms with Gasteiger partial charge >= 0.3 is 0 Å². The number of benzene rings is 1. The Balaban J connectivity index is 0.00000242. The number of aliphatic hydroxyl groups is 1. The molecule has 0 amide bonds. The Morgan fingerprint density at radius 1 is 1.41 bits per heavy atom. The molecule has 1 aliphatic heterocycles. The average Bonchev–Trinajstić information content (AvgIpc) is 2.86. The van der Waals surface area contributed by atoms with Gasteiger partial charge < -0.3 is 15.3 Å². The van der Waals surface area contributed by atoms with Gasteiger partial charge in [0.2, 0.25) is 0 Å². The van der Waals surface area contributed by atoms with Gasteiger partial charge in [0.05, 0.1) is 6.10 Å². The van der Waals surface area contributed by atoms with Crippen molar-refractivity contribution in [2.24, 2.45) is 4.99 Å². The first-order valence-corrected chi connectivity index (χ1v) is 7.87. The zero-order valence-electron chi connectivity index (χ0n) is 13.8. The van der Waals surface area contributed by atoms with Crippen LogP contribution in [0.25, 0.3) is 0 Å². The van der Waals surface area contributed by atoms with E-state index in [9.17, 15) is 5.11 Å². The highest BCUT2D eigenvalue weighted by atomic mass is 127. The maximum Gasteiger partial charge on any atom is 0.194 e. The van der Waals surface area contributed by atoms with Crippen molar-refractivity contribution < 1.29 is 5.11 Å². The summed E-state index contributed by atoms with van der Waals surface area (Å²) in [7, 11) is 0. The van der Waals surface area contributed by atoms with Crippen LogP contribution >= 0.6 is 24.0 Å². The van der Waals surface area contributed by atoms with E-state index in [0.29, 0.717) is 6.54 Å². The summed E-state index contributed by atoms with van der Waals surface area (Å²) < 4.78 is 0. The van der Waals surface area contributed by atoms with Gasteiger partial charge in [-0.2, -0.15) is 0 Å². The van der Waals surface area contributed by atoms with Gasteiger partial charge in [0.15, 0.2) is 5.96 Å². The van der Waals surface area contributed by atoms with E-state index in [0.717, 1.165) is 38.4 Å². The summed E-state index contributed by atoms with van der Waals surface area (Å²) in [5, 5.41) is 13.0. The van der Waals surface area contributed by atoms with Crippen LogP contribution in [0, 0.1) is 13.8 Å². The lowest BCUT2D eigenvalue weighted by molar-refractivity contribution is 0.188. The summed E-state index contributed by atoms with van der Waals surface area (Å²) in [4.78, 5) is 6.86. The van der Waals surface area contributed by atoms with Crippen molar-refractivity contribution in [2.75, 3.05) is 26.2 Å². The van der Waals surface area contributed by atoms with Crippen molar-refractivity contribution >= 4 is 29.9 Å². The number of aliphatic imine (C=N–C) groups is 1. The van der Waals surface area contributed by atoms with Gasteiger partial charge in [-0.1, -0.05) is 23.8 Å². The molecule has 1 saturated heterocycles. The van der Waals surface area contributed by atoms with Gasteiger partial charge in [0, 0.05) is 26.2 Å². The molecule has 0 radical (unpaired) electrons. The molecule has 4 nitrogen and oxygen atoms in total. The Kier molecular flexibility index (Phi) is 8.17. The summed E-state index contributed by atoms with van der Waals surface area (Å²) in [5.74, 6) is 0.929. The fraction of sp³-hybridized carbons (Fsp3) is 0.588. The first kappa shape index (κ1) is 19.2. The number of guanidine groups is 1. The molecule has 1 fully saturated rings. The lowest BCUT2D eigenvalue weighted by atomic mass is 10.0. The number of β-amino-alcohol motifs (C(OH)–C–C–N with tert-alkyl or cyclic N) is 1. The normalized spacial score (nSPS) is 18.3. The predicted molar refractivity (Wildman–Crippen MR) is 103 cm³/mol. The smallest absolute Gasteiger partial charge is 0.194 e. The molecule has 124 valence electrons. The molecule has 2 rings (SSSR count). The van der Waals surface area contributed by atoms with Crippen LogP contribution in [0.15, 0.2) is 23.2 Å². The van der Waals surface area contributed by atoms with Gasteiger partial charge in [0.1, 0.15) is 0 Å². The third kappa shape index (κ3) is 5.43. The Hall–Kier alpha value is -0.820. The standard InChI is InChI=1S/C17H27N3O.HI/c1-4-18-17(20-10-8-16(21)12-20)19-9-7-15-6-5-13(2)11-14(15)3;/h5-6,11,16,21H,4,7-10,12H2,1-3H3,(H,18,19);1H/t16-;/m1./s1. The number of aliphatic hydroxyl groups excluding tert-OH is 1. The number of nitrogens with zero attached hydrogens (tertiary/aromatic N) is 2. The molecule has 22 heavy (non-hydrogen) atoms. The molecule has 0 aliphatic carbocycles. The van der Waals surface area contributed by atoms with E-state index >= 15 is 0 Å². The van der Waals surface area contributed by atoms with E-state index < -0.39 is 0 Å². The minimum Gasteiger partial charge on any atom is -0.391 e. The maximum absolute atomic E-state index is 9.66. The van der Waals surface area contributed by atoms with Crippen LogP contribution in [0.5, 0.6) is 0 Å². The number of hydrogen-bond donors (Lipinski definition) is 2. The van der Waals surface area contributed by atoms with Gasteiger partial charge in [-0.3, -0.25) is 4.99 Å². The molecule has 0 aromatic heterocycles. The van der Waals surface area contributed by atoms with Gasteiger partial charge in [0.25, 0.3) is 0 Å². The minimum absolute atomic E-state index is 0. The van der Waals surface area contributed by atoms with Crippen LogP contribution in [-0.4, -0.2) is 48.2 Å². The molecular weight excluding hydrogens is 389 g/mol. The van der Waals surface area contributed by atoms with E-state index in [1.807, 2.05) is 0 Å². The number of hydrogen-bond acceptors (Lipinski definition) is 2. The van der Waals surface area contributed by atoms with Gasteiger partial charge in [-0.25, -0.2) is 0 Å². The second-order valence-corrected chi connectivity index (χ2v) is 5.80. The zero-order chi connectivity index (χ0) is 15.2. The fourth-order valence-electron chi connectivity index (χ4n) is 2.77. The Labute approximate surface area is 151 Å². The fourth-order valence-corrected chi connectivity index (χ4v) is 2.77. The summed E-state index contributed by atoms with van der Waals surface area (Å²) in [6.07, 6.45) is 1.58. The topological polar surface area (TPSA) is 47.9 Å². The van der Waals surface area contributed by atoms with Crippen LogP contribution in [0.1, 0.15) is 30.0 Å². The van der Waals surface area contributed by atoms with Crippen LogP contribution < -0.4 is 5.32 Å². The number of likely N-dealkylation sites (tertiary alicyclic amines) is 1. The van der Waals surface area contributed by atoms with E-state index in [-0.39, 0.29) is 30.1 Å². The highest BCUT2D eigenvalue weighted by Crippen LogP contribution is 2.12. The first-order chi connectivity index (χ1) is 10.1. The average molecular weight is 417 g/mol. The largest absolute Gasteiger partial charge is 0.391 e. The molecule has 1 heterocycles. The zero-order valence-corrected chi connectivity index (χ0v) is 16.1. The van der Waals surface area contributed by atoms with Crippen LogP contribution in [-0.2, 0) is 6.42 Å². The Morgan fingerprint density at radius 3 is 2.77 bits per heavy atom. The maximum atomic E-state index is 9.66. The molecule has 1 aromatic rings. The molecule has 0 saturated carbocycles. The molecule has 1 aromatic carbocycles. The summed E-state index contributed by atoms with van der Waals surface area (Å²) in [6.45, 7) is 9.57. The quantitative estimate of drug-likeness (QED) is 0.450. The Morgan fingerprint density at radius 2 is 2.18 bits per heavy atom. The molecular formula is C17H28IN3O. The third-order valence-electron chi connectivity index (χ3n) is 3.94. The Bertz CT molecular complexity index is 505. The van der Waals surface area contributed by atoms with Gasteiger partial charge in [-0.05, 0) is 44.7 Å². The molecule has 2 N–H and O–H groups in total. The predicted octanol–water partition coefficient (Wildman–Crippen LogP) is 2.50. The number of nitrogens with one attached hydrogen (secondary N) is 1. The van der Waals surface area contributed by atoms with Crippen molar-refractivity contribution in [2.45, 2.75) is 39.7 Å². The highest BCUT2D eigenvalue weighted by molar-refractivity contribution is 14.0. The second-order valence-electron chi connectivity index (χ2n) is 5.80. The minimum atomic E-state index is -0.215. The molecule has 5 heteroatoms. The summed E-state index contributed by atoms with van der Waals surface area (Å²) >= 11 is 0. The van der Waals surface area contributed by atoms with Gasteiger partial charge in [-0.15, -0.1) is 24.0 Å². The van der Waals surface area contributed by atoms with Crippen molar-refractivity contribution in [3.05, 3.63) is 34.9 Å². The summed E-state index contributed by atoms with van der Waals surface area (Å²) in [5.41, 5.74) is 4.01. The number of aryl methyl sites for hydroxylation is 2. The monoisotopic (exact) mass is 417 g/mol. The summed E-state index contributed by atoms with van der Waals surface area (Å²) in [6, 6.07) is 6.59. The lowest BCUT2D eigenvalue weighted by Gasteiger charge is -2.21. The SMILES string of the molecule is CCNC(=NCCc1ccc(C)cc1C)N1CC[C@@H](O)C1.I. The van der Waals surface area contributed by atoms with E-state index in [1.165, 1.54) is 16.7 Å². The lowest BCUT2D eigenvalue weighted by Crippen LogP contribution is -2.40. The van der Waals surface area contributed by atoms with Crippen molar-refractivity contribution in [1.82, 2.24) is 10.2 Å². The van der Waals surface area contributed by atoms with Crippen molar-refractivity contribution in [3.63, 3.8) is 0 Å². The second kappa shape index (κ2) is 9.35. The van der Waals surface area contributed by atoms with Crippen LogP contribution in [0.2, 0.25) is 0 Å². The molecule has 0 unspecified atom stereocenters. The number of rotatable bonds is 4. The molecule has 1 atom stereocenters. The van der Waals surface area contributed by atoms with E-state index in [4.69, 9.17) is 4.99 Å². The third-order valence-corrected chi connectivity index (χ3v) is 3.94. The van der Waals surface area contributed by atoms with E-state index in [1.54, 1.807) is 0 Å². The van der Waals surface area contributed by atoms with Crippen molar-refractivity contribution in [3.8, 4) is 0 Å². The van der Waals surface area contributed by atoms with Crippen molar-refractivity contribution in [1.29, 1.82) is 0 Å². The molecule has 1 aliphatic rings. The molecule has 0 spiro atoms. The molecule has 0 bridgehead atoms. The van der Waals surface area contributed by atoms with Crippen LogP contribution in [0.3, 0.4) is 0 Å². The highest BCUT2D eigenvalue weighted by Gasteiger charge is 2.22. The van der Waals surface area contributed by atoms with Crippen LogP contribution in [0.4, 0.5) is 0 Å². The number of halogens is 1.